The summed E-state index contributed by atoms with van der Waals surface area (Å²) in [5.41, 5.74) is 1.02. The van der Waals surface area contributed by atoms with Crippen molar-refractivity contribution in [3.63, 3.8) is 0 Å². The molecular formula is C26H20O7. The van der Waals surface area contributed by atoms with Crippen LogP contribution in [0.3, 0.4) is 0 Å². The van der Waals surface area contributed by atoms with Crippen molar-refractivity contribution in [2.24, 2.45) is 0 Å². The van der Waals surface area contributed by atoms with Crippen LogP contribution in [0, 0.1) is 0 Å². The summed E-state index contributed by atoms with van der Waals surface area (Å²) in [4.78, 5) is 37.5. The monoisotopic (exact) mass is 444 g/mol. The van der Waals surface area contributed by atoms with E-state index in [1.807, 2.05) is 0 Å². The van der Waals surface area contributed by atoms with Crippen molar-refractivity contribution in [1.29, 1.82) is 0 Å². The van der Waals surface area contributed by atoms with Crippen molar-refractivity contribution >= 4 is 17.9 Å². The maximum Gasteiger partial charge on any atom is 0.343 e. The molecule has 3 aromatic rings. The molecule has 33 heavy (non-hydrogen) atoms. The highest BCUT2D eigenvalue weighted by Gasteiger charge is 2.35. The van der Waals surface area contributed by atoms with E-state index in [1.54, 1.807) is 91.0 Å². The second kappa shape index (κ2) is 10.3. The molecule has 0 saturated heterocycles. The molecule has 1 heterocycles. The van der Waals surface area contributed by atoms with Gasteiger partial charge < -0.3 is 18.9 Å². The minimum atomic E-state index is -0.976. The van der Waals surface area contributed by atoms with Gasteiger partial charge in [0.1, 0.15) is 6.61 Å². The molecule has 0 aliphatic carbocycles. The molecule has 0 aromatic heterocycles. The van der Waals surface area contributed by atoms with Crippen LogP contribution in [0.2, 0.25) is 0 Å². The molecule has 166 valence electrons. The minimum absolute atomic E-state index is 0.00556. The van der Waals surface area contributed by atoms with Gasteiger partial charge in [0.15, 0.2) is 24.2 Å². The van der Waals surface area contributed by atoms with Crippen LogP contribution in [0.4, 0.5) is 0 Å². The molecule has 0 N–H and O–H groups in total. The molecule has 0 radical (unpaired) electrons. The normalized spacial score (nSPS) is 14.8. The van der Waals surface area contributed by atoms with E-state index in [9.17, 15) is 14.4 Å². The molecule has 0 amide bonds. The van der Waals surface area contributed by atoms with Gasteiger partial charge in [-0.25, -0.2) is 14.4 Å². The first-order valence-corrected chi connectivity index (χ1v) is 10.2. The van der Waals surface area contributed by atoms with E-state index in [0.29, 0.717) is 16.7 Å². The fourth-order valence-corrected chi connectivity index (χ4v) is 3.12. The first-order valence-electron chi connectivity index (χ1n) is 10.2. The Bertz CT molecular complexity index is 1160. The Morgan fingerprint density at radius 3 is 1.73 bits per heavy atom. The first-order chi connectivity index (χ1) is 16.1. The molecule has 7 nitrogen and oxygen atoms in total. The highest BCUT2D eigenvalue weighted by molar-refractivity contribution is 5.91. The summed E-state index contributed by atoms with van der Waals surface area (Å²) in [6.07, 6.45) is -0.976. The summed E-state index contributed by atoms with van der Waals surface area (Å²) in [5, 5.41) is 0. The lowest BCUT2D eigenvalue weighted by atomic mass is 10.2. The quantitative estimate of drug-likeness (QED) is 0.399. The molecule has 0 bridgehead atoms. The SMILES string of the molecule is O=C(OCC1=C(OC(=O)c2ccccc2)C(OC(=O)c2ccccc2)CO1)c1ccccc1. The van der Waals surface area contributed by atoms with E-state index in [1.165, 1.54) is 0 Å². The number of carbonyl (C=O) groups is 3. The highest BCUT2D eigenvalue weighted by Crippen LogP contribution is 2.26. The summed E-state index contributed by atoms with van der Waals surface area (Å²) in [6.45, 7) is -0.362. The molecule has 1 aliphatic heterocycles. The fourth-order valence-electron chi connectivity index (χ4n) is 3.12. The molecule has 1 unspecified atom stereocenters. The minimum Gasteiger partial charge on any atom is -0.486 e. The predicted molar refractivity (Wildman–Crippen MR) is 117 cm³/mol. The number of esters is 3. The second-order valence-corrected chi connectivity index (χ2v) is 7.06. The van der Waals surface area contributed by atoms with Crippen LogP contribution < -0.4 is 0 Å². The summed E-state index contributed by atoms with van der Waals surface area (Å²) < 4.78 is 22.0. The molecule has 0 saturated carbocycles. The van der Waals surface area contributed by atoms with Crippen molar-refractivity contribution in [2.75, 3.05) is 13.2 Å². The van der Waals surface area contributed by atoms with Crippen molar-refractivity contribution in [2.45, 2.75) is 6.10 Å². The van der Waals surface area contributed by atoms with Gasteiger partial charge in [-0.15, -0.1) is 0 Å². The Morgan fingerprint density at radius 2 is 1.18 bits per heavy atom. The van der Waals surface area contributed by atoms with Gasteiger partial charge in [0.2, 0.25) is 0 Å². The van der Waals surface area contributed by atoms with Gasteiger partial charge in [0.25, 0.3) is 0 Å². The van der Waals surface area contributed by atoms with Crippen molar-refractivity contribution < 1.29 is 33.3 Å². The van der Waals surface area contributed by atoms with Crippen LogP contribution in [0.15, 0.2) is 103 Å². The predicted octanol–water partition coefficient (Wildman–Crippen LogP) is 4.17. The standard InChI is InChI=1S/C26H20O7/c27-24(18-10-4-1-5-11-18)31-16-21-23(33-26(29)20-14-8-3-9-15-20)22(17-30-21)32-25(28)19-12-6-2-7-13-19/h1-15,22H,16-17H2. The lowest BCUT2D eigenvalue weighted by Gasteiger charge is -2.14. The zero-order valence-electron chi connectivity index (χ0n) is 17.5. The summed E-state index contributed by atoms with van der Waals surface area (Å²) in [6, 6.07) is 25.2. The lowest BCUT2D eigenvalue weighted by molar-refractivity contribution is 0.0160. The van der Waals surface area contributed by atoms with Crippen LogP contribution in [0.5, 0.6) is 0 Å². The van der Waals surface area contributed by atoms with E-state index in [4.69, 9.17) is 18.9 Å². The molecule has 4 rings (SSSR count). The summed E-state index contributed by atoms with van der Waals surface area (Å²) in [7, 11) is 0. The van der Waals surface area contributed by atoms with Crippen LogP contribution in [0.25, 0.3) is 0 Å². The fraction of sp³-hybridized carbons (Fsp3) is 0.115. The van der Waals surface area contributed by atoms with Crippen molar-refractivity contribution in [1.82, 2.24) is 0 Å². The zero-order chi connectivity index (χ0) is 23.0. The number of benzene rings is 3. The lowest BCUT2D eigenvalue weighted by Crippen LogP contribution is -2.24. The Kier molecular flexibility index (Phi) is 6.80. The third-order valence-corrected chi connectivity index (χ3v) is 4.79. The molecule has 1 aliphatic rings. The van der Waals surface area contributed by atoms with Crippen LogP contribution >= 0.6 is 0 Å². The van der Waals surface area contributed by atoms with Crippen LogP contribution in [-0.2, 0) is 18.9 Å². The Morgan fingerprint density at radius 1 is 0.697 bits per heavy atom. The third-order valence-electron chi connectivity index (χ3n) is 4.79. The molecule has 7 heteroatoms. The summed E-state index contributed by atoms with van der Waals surface area (Å²) in [5.74, 6) is -1.71. The van der Waals surface area contributed by atoms with Gasteiger partial charge in [0.05, 0.1) is 16.7 Å². The van der Waals surface area contributed by atoms with Crippen molar-refractivity contribution in [3.05, 3.63) is 119 Å². The Balaban J connectivity index is 1.53. The zero-order valence-corrected chi connectivity index (χ0v) is 17.5. The Labute approximate surface area is 190 Å². The number of carbonyl (C=O) groups excluding carboxylic acids is 3. The average Bonchev–Trinajstić information content (AvgIpc) is 3.24. The smallest absolute Gasteiger partial charge is 0.343 e. The number of hydrogen-bond donors (Lipinski definition) is 0. The molecule has 0 spiro atoms. The number of hydrogen-bond acceptors (Lipinski definition) is 7. The van der Waals surface area contributed by atoms with Gasteiger partial charge in [0, 0.05) is 0 Å². The van der Waals surface area contributed by atoms with Crippen LogP contribution in [-0.4, -0.2) is 37.2 Å². The Hall–Kier alpha value is -4.39. The summed E-state index contributed by atoms with van der Waals surface area (Å²) >= 11 is 0. The van der Waals surface area contributed by atoms with Gasteiger partial charge in [-0.05, 0) is 36.4 Å². The van der Waals surface area contributed by atoms with E-state index >= 15 is 0 Å². The van der Waals surface area contributed by atoms with Crippen molar-refractivity contribution in [3.8, 4) is 0 Å². The highest BCUT2D eigenvalue weighted by atomic mass is 16.6. The topological polar surface area (TPSA) is 88.1 Å². The second-order valence-electron chi connectivity index (χ2n) is 7.06. The maximum atomic E-state index is 12.6. The number of rotatable bonds is 7. The molecular weight excluding hydrogens is 424 g/mol. The van der Waals surface area contributed by atoms with E-state index in [2.05, 4.69) is 0 Å². The largest absolute Gasteiger partial charge is 0.486 e. The van der Waals surface area contributed by atoms with Gasteiger partial charge >= 0.3 is 17.9 Å². The number of ether oxygens (including phenoxy) is 4. The van der Waals surface area contributed by atoms with E-state index in [0.717, 1.165) is 0 Å². The maximum absolute atomic E-state index is 12.6. The third kappa shape index (κ3) is 5.46. The van der Waals surface area contributed by atoms with Crippen LogP contribution in [0.1, 0.15) is 31.1 Å². The van der Waals surface area contributed by atoms with Gasteiger partial charge in [-0.3, -0.25) is 0 Å². The first kappa shape index (κ1) is 21.8. The van der Waals surface area contributed by atoms with Gasteiger partial charge in [-0.2, -0.15) is 0 Å². The average molecular weight is 444 g/mol. The van der Waals surface area contributed by atoms with E-state index < -0.39 is 24.0 Å². The van der Waals surface area contributed by atoms with Gasteiger partial charge in [-0.1, -0.05) is 54.6 Å². The molecule has 0 fully saturated rings. The molecule has 3 aromatic carbocycles. The molecule has 1 atom stereocenters. The van der Waals surface area contributed by atoms with E-state index in [-0.39, 0.29) is 24.7 Å².